The van der Waals surface area contributed by atoms with E-state index in [-0.39, 0.29) is 17.3 Å². The molecule has 0 aromatic carbocycles. The van der Waals surface area contributed by atoms with Crippen LogP contribution in [-0.2, 0) is 6.54 Å². The van der Waals surface area contributed by atoms with Crippen molar-refractivity contribution in [3.63, 3.8) is 0 Å². The third-order valence-electron chi connectivity index (χ3n) is 3.89. The number of hydrogen-bond acceptors (Lipinski definition) is 2. The fraction of sp³-hybridized carbons (Fsp3) is 0.714. The largest absolute Gasteiger partial charge is 0.336 e. The summed E-state index contributed by atoms with van der Waals surface area (Å²) in [6, 6.07) is 2.00. The summed E-state index contributed by atoms with van der Waals surface area (Å²) in [6.07, 6.45) is 4.31. The molecule has 1 aromatic rings. The fourth-order valence-corrected chi connectivity index (χ4v) is 3.24. The smallest absolute Gasteiger partial charge is 0.272 e. The number of aromatic nitrogens is 2. The molecule has 0 bridgehead atoms. The summed E-state index contributed by atoms with van der Waals surface area (Å²) < 4.78 is 1.76. The van der Waals surface area contributed by atoms with Crippen LogP contribution in [0.1, 0.15) is 48.8 Å². The first-order valence-electron chi connectivity index (χ1n) is 7.00. The van der Waals surface area contributed by atoms with Crippen LogP contribution in [0.25, 0.3) is 0 Å². The van der Waals surface area contributed by atoms with E-state index < -0.39 is 0 Å². The zero-order valence-electron chi connectivity index (χ0n) is 11.9. The van der Waals surface area contributed by atoms with Gasteiger partial charge in [0.25, 0.3) is 5.91 Å². The predicted molar refractivity (Wildman–Crippen MR) is 76.6 cm³/mol. The zero-order valence-corrected chi connectivity index (χ0v) is 12.7. The van der Waals surface area contributed by atoms with Gasteiger partial charge in [-0.15, -0.1) is 11.6 Å². The lowest BCUT2D eigenvalue weighted by Gasteiger charge is -2.34. The number of halogens is 1. The van der Waals surface area contributed by atoms with Crippen molar-refractivity contribution >= 4 is 17.5 Å². The van der Waals surface area contributed by atoms with E-state index in [0.29, 0.717) is 12.2 Å². The van der Waals surface area contributed by atoms with Gasteiger partial charge in [-0.3, -0.25) is 9.48 Å². The molecule has 19 heavy (non-hydrogen) atoms. The van der Waals surface area contributed by atoms with E-state index in [0.717, 1.165) is 25.0 Å². The van der Waals surface area contributed by atoms with Gasteiger partial charge >= 0.3 is 0 Å². The van der Waals surface area contributed by atoms with E-state index in [9.17, 15) is 4.79 Å². The van der Waals surface area contributed by atoms with Crippen molar-refractivity contribution in [2.75, 3.05) is 7.05 Å². The maximum atomic E-state index is 12.6. The Labute approximate surface area is 119 Å². The highest BCUT2D eigenvalue weighted by Gasteiger charge is 2.31. The highest BCUT2D eigenvalue weighted by molar-refractivity contribution is 6.21. The molecule has 2 atom stereocenters. The van der Waals surface area contributed by atoms with Gasteiger partial charge in [-0.1, -0.05) is 12.8 Å². The monoisotopic (exact) mass is 283 g/mol. The van der Waals surface area contributed by atoms with E-state index in [1.54, 1.807) is 9.58 Å². The van der Waals surface area contributed by atoms with E-state index >= 15 is 0 Å². The van der Waals surface area contributed by atoms with Gasteiger partial charge in [0.05, 0.1) is 11.1 Å². The summed E-state index contributed by atoms with van der Waals surface area (Å²) in [4.78, 5) is 14.4. The molecule has 1 fully saturated rings. The molecule has 4 nitrogen and oxygen atoms in total. The van der Waals surface area contributed by atoms with Gasteiger partial charge in [0.2, 0.25) is 0 Å². The number of alkyl halides is 1. The van der Waals surface area contributed by atoms with Gasteiger partial charge in [-0.25, -0.2) is 0 Å². The molecule has 1 aliphatic rings. The molecular formula is C14H22ClN3O. The Morgan fingerprint density at radius 1 is 1.53 bits per heavy atom. The van der Waals surface area contributed by atoms with Crippen molar-refractivity contribution in [1.29, 1.82) is 0 Å². The minimum Gasteiger partial charge on any atom is -0.336 e. The molecule has 1 amide bonds. The number of rotatable bonds is 3. The summed E-state index contributed by atoms with van der Waals surface area (Å²) in [6.45, 7) is 4.61. The molecule has 2 unspecified atom stereocenters. The van der Waals surface area contributed by atoms with Crippen molar-refractivity contribution in [3.8, 4) is 0 Å². The van der Waals surface area contributed by atoms with Gasteiger partial charge in [-0.05, 0) is 32.8 Å². The van der Waals surface area contributed by atoms with Crippen LogP contribution in [0.2, 0.25) is 0 Å². The van der Waals surface area contributed by atoms with Gasteiger partial charge < -0.3 is 4.90 Å². The van der Waals surface area contributed by atoms with Gasteiger partial charge in [-0.2, -0.15) is 5.10 Å². The number of nitrogens with zero attached hydrogens (tertiary/aromatic N) is 3. The van der Waals surface area contributed by atoms with Crippen LogP contribution in [-0.4, -0.2) is 39.1 Å². The highest BCUT2D eigenvalue weighted by Crippen LogP contribution is 2.27. The van der Waals surface area contributed by atoms with Crippen LogP contribution in [0.4, 0.5) is 0 Å². The first kappa shape index (κ1) is 14.4. The molecule has 0 N–H and O–H groups in total. The van der Waals surface area contributed by atoms with Crippen molar-refractivity contribution < 1.29 is 4.79 Å². The molecule has 0 saturated heterocycles. The van der Waals surface area contributed by atoms with Crippen LogP contribution in [0.5, 0.6) is 0 Å². The summed E-state index contributed by atoms with van der Waals surface area (Å²) in [5.41, 5.74) is 1.54. The Balaban J connectivity index is 2.18. The van der Waals surface area contributed by atoms with Crippen molar-refractivity contribution in [2.45, 2.75) is 57.5 Å². The number of aryl methyl sites for hydroxylation is 2. The number of amides is 1. The standard InChI is InChI=1S/C14H22ClN3O/c1-4-18-13(9-10(2)16-18)14(19)17(3)12-8-6-5-7-11(12)15/h9,11-12H,4-8H2,1-3H3. The highest BCUT2D eigenvalue weighted by atomic mass is 35.5. The van der Waals surface area contributed by atoms with E-state index in [1.807, 2.05) is 27.0 Å². The minimum atomic E-state index is 0.0278. The summed E-state index contributed by atoms with van der Waals surface area (Å²) in [5.74, 6) is 0.0278. The Bertz CT molecular complexity index is 458. The Kier molecular flexibility index (Phi) is 4.50. The molecular weight excluding hydrogens is 262 g/mol. The Hall–Kier alpha value is -1.03. The van der Waals surface area contributed by atoms with Crippen molar-refractivity contribution in [3.05, 3.63) is 17.5 Å². The van der Waals surface area contributed by atoms with Gasteiger partial charge in [0.15, 0.2) is 0 Å². The second-order valence-electron chi connectivity index (χ2n) is 5.27. The molecule has 5 heteroatoms. The zero-order chi connectivity index (χ0) is 14.0. The molecule has 1 saturated carbocycles. The average Bonchev–Trinajstić information content (AvgIpc) is 2.79. The van der Waals surface area contributed by atoms with Gasteiger partial charge in [0.1, 0.15) is 5.69 Å². The topological polar surface area (TPSA) is 38.1 Å². The minimum absolute atomic E-state index is 0.0278. The first-order chi connectivity index (χ1) is 9.04. The molecule has 1 aliphatic carbocycles. The molecule has 2 rings (SSSR count). The third kappa shape index (κ3) is 2.94. The molecule has 0 aliphatic heterocycles. The maximum Gasteiger partial charge on any atom is 0.272 e. The van der Waals surface area contributed by atoms with Crippen LogP contribution in [0.3, 0.4) is 0 Å². The average molecular weight is 284 g/mol. The lowest BCUT2D eigenvalue weighted by atomic mass is 9.93. The second kappa shape index (κ2) is 5.95. The van der Waals surface area contributed by atoms with Crippen LogP contribution in [0, 0.1) is 6.92 Å². The van der Waals surface area contributed by atoms with Crippen molar-refractivity contribution in [2.24, 2.45) is 0 Å². The molecule has 0 spiro atoms. The predicted octanol–water partition coefficient (Wildman–Crippen LogP) is 2.83. The van der Waals surface area contributed by atoms with Crippen molar-refractivity contribution in [1.82, 2.24) is 14.7 Å². The number of hydrogen-bond donors (Lipinski definition) is 0. The fourth-order valence-electron chi connectivity index (χ4n) is 2.79. The SMILES string of the molecule is CCn1nc(C)cc1C(=O)N(C)C1CCCCC1Cl. The van der Waals surface area contributed by atoms with E-state index in [2.05, 4.69) is 5.10 Å². The maximum absolute atomic E-state index is 12.6. The van der Waals surface area contributed by atoms with E-state index in [1.165, 1.54) is 6.42 Å². The third-order valence-corrected chi connectivity index (χ3v) is 4.39. The lowest BCUT2D eigenvalue weighted by molar-refractivity contribution is 0.0688. The molecule has 1 heterocycles. The summed E-state index contributed by atoms with van der Waals surface area (Å²) in [7, 11) is 1.86. The Morgan fingerprint density at radius 2 is 2.21 bits per heavy atom. The summed E-state index contributed by atoms with van der Waals surface area (Å²) in [5, 5.41) is 4.40. The molecule has 106 valence electrons. The van der Waals surface area contributed by atoms with E-state index in [4.69, 9.17) is 11.6 Å². The van der Waals surface area contributed by atoms with Gasteiger partial charge in [0, 0.05) is 19.6 Å². The summed E-state index contributed by atoms with van der Waals surface area (Å²) >= 11 is 6.37. The van der Waals surface area contributed by atoms with Crippen LogP contribution < -0.4 is 0 Å². The molecule has 0 radical (unpaired) electrons. The van der Waals surface area contributed by atoms with Crippen LogP contribution >= 0.6 is 11.6 Å². The Morgan fingerprint density at radius 3 is 2.84 bits per heavy atom. The first-order valence-corrected chi connectivity index (χ1v) is 7.44. The van der Waals surface area contributed by atoms with Crippen LogP contribution in [0.15, 0.2) is 6.07 Å². The normalized spacial score (nSPS) is 23.4. The second-order valence-corrected chi connectivity index (χ2v) is 5.83. The number of carbonyl (C=O) groups is 1. The molecule has 1 aromatic heterocycles. The lowest BCUT2D eigenvalue weighted by Crippen LogP contribution is -2.44. The quantitative estimate of drug-likeness (QED) is 0.800. The number of carbonyl (C=O) groups excluding carboxylic acids is 1.